The monoisotopic (exact) mass is 162 g/mol. The van der Waals surface area contributed by atoms with Crippen LogP contribution in [0.3, 0.4) is 0 Å². The number of fused-ring (bicyclic) bond motifs is 1. The molecule has 1 atom stereocenters. The largest absolute Gasteiger partial charge is 0.493 e. The lowest BCUT2D eigenvalue weighted by Gasteiger charge is -2.23. The molecule has 0 spiro atoms. The maximum Gasteiger partial charge on any atom is 0.122 e. The lowest BCUT2D eigenvalue weighted by atomic mass is 9.95. The third kappa shape index (κ3) is 1.31. The van der Waals surface area contributed by atoms with Gasteiger partial charge in [0, 0.05) is 0 Å². The third-order valence-electron chi connectivity index (χ3n) is 2.53. The molecule has 1 aliphatic heterocycles. The number of hydrogen-bond donors (Lipinski definition) is 0. The summed E-state index contributed by atoms with van der Waals surface area (Å²) in [7, 11) is 0. The second-order valence-corrected chi connectivity index (χ2v) is 3.40. The van der Waals surface area contributed by atoms with Crippen LogP contribution in [0.1, 0.15) is 18.9 Å². The van der Waals surface area contributed by atoms with Crippen LogP contribution in [-0.4, -0.2) is 6.61 Å². The van der Waals surface area contributed by atoms with Crippen molar-refractivity contribution in [3.8, 4) is 5.75 Å². The third-order valence-corrected chi connectivity index (χ3v) is 2.53. The average Bonchev–Trinajstić information content (AvgIpc) is 2.17. The van der Waals surface area contributed by atoms with Crippen molar-refractivity contribution in [1.82, 2.24) is 0 Å². The number of benzene rings is 1. The summed E-state index contributed by atoms with van der Waals surface area (Å²) >= 11 is 0. The molecule has 64 valence electrons. The van der Waals surface area contributed by atoms with E-state index in [9.17, 15) is 0 Å². The molecule has 12 heavy (non-hydrogen) atoms. The van der Waals surface area contributed by atoms with E-state index in [0.717, 1.165) is 18.3 Å². The summed E-state index contributed by atoms with van der Waals surface area (Å²) in [6, 6.07) is 8.34. The summed E-state index contributed by atoms with van der Waals surface area (Å²) in [6.07, 6.45) is 2.40. The fourth-order valence-corrected chi connectivity index (χ4v) is 1.65. The minimum absolute atomic E-state index is 0.722. The van der Waals surface area contributed by atoms with Crippen LogP contribution in [0.2, 0.25) is 0 Å². The molecule has 0 unspecified atom stereocenters. The Morgan fingerprint density at radius 2 is 2.25 bits per heavy atom. The van der Waals surface area contributed by atoms with Gasteiger partial charge in [0.25, 0.3) is 0 Å². The standard InChI is InChI=1S/C11H14O/c1-2-9-7-10-5-3-4-6-11(10)12-8-9/h3-6,9H,2,7-8H2,1H3/t9-/m1/s1. The van der Waals surface area contributed by atoms with Gasteiger partial charge in [-0.1, -0.05) is 25.1 Å². The van der Waals surface area contributed by atoms with Crippen LogP contribution in [0.5, 0.6) is 5.75 Å². The van der Waals surface area contributed by atoms with Gasteiger partial charge >= 0.3 is 0 Å². The van der Waals surface area contributed by atoms with Gasteiger partial charge in [-0.05, 0) is 30.4 Å². The second-order valence-electron chi connectivity index (χ2n) is 3.40. The van der Waals surface area contributed by atoms with E-state index in [1.165, 1.54) is 18.4 Å². The summed E-state index contributed by atoms with van der Waals surface area (Å²) in [5.74, 6) is 1.81. The number of ether oxygens (including phenoxy) is 1. The smallest absolute Gasteiger partial charge is 0.122 e. The van der Waals surface area contributed by atoms with E-state index in [-0.39, 0.29) is 0 Å². The van der Waals surface area contributed by atoms with Crippen molar-refractivity contribution in [2.45, 2.75) is 19.8 Å². The summed E-state index contributed by atoms with van der Waals surface area (Å²) in [5, 5.41) is 0. The Bertz CT molecular complexity index is 267. The SMILES string of the molecule is CC[C@H]1COc2ccccc2C1. The van der Waals surface area contributed by atoms with Crippen molar-refractivity contribution in [1.29, 1.82) is 0 Å². The number of para-hydroxylation sites is 1. The first-order chi connectivity index (χ1) is 5.90. The van der Waals surface area contributed by atoms with Gasteiger partial charge in [-0.3, -0.25) is 0 Å². The summed E-state index contributed by atoms with van der Waals surface area (Å²) < 4.78 is 5.63. The summed E-state index contributed by atoms with van der Waals surface area (Å²) in [6.45, 7) is 3.12. The zero-order valence-corrected chi connectivity index (χ0v) is 7.42. The highest BCUT2D eigenvalue weighted by Gasteiger charge is 2.16. The highest BCUT2D eigenvalue weighted by Crippen LogP contribution is 2.27. The molecule has 0 amide bonds. The predicted octanol–water partition coefficient (Wildman–Crippen LogP) is 2.65. The Morgan fingerprint density at radius 3 is 3.08 bits per heavy atom. The topological polar surface area (TPSA) is 9.23 Å². The quantitative estimate of drug-likeness (QED) is 0.617. The van der Waals surface area contributed by atoms with Gasteiger partial charge in [0.15, 0.2) is 0 Å². The molecular formula is C11H14O. The Kier molecular flexibility index (Phi) is 2.03. The second kappa shape index (κ2) is 3.18. The molecular weight excluding hydrogens is 148 g/mol. The Morgan fingerprint density at radius 1 is 1.42 bits per heavy atom. The van der Waals surface area contributed by atoms with Crippen LogP contribution in [-0.2, 0) is 6.42 Å². The Hall–Kier alpha value is -0.980. The molecule has 1 aromatic carbocycles. The van der Waals surface area contributed by atoms with Gasteiger partial charge in [-0.2, -0.15) is 0 Å². The van der Waals surface area contributed by atoms with Gasteiger partial charge in [0.1, 0.15) is 5.75 Å². The number of hydrogen-bond acceptors (Lipinski definition) is 1. The van der Waals surface area contributed by atoms with Gasteiger partial charge < -0.3 is 4.74 Å². The molecule has 0 saturated carbocycles. The van der Waals surface area contributed by atoms with Crippen molar-refractivity contribution >= 4 is 0 Å². The van der Waals surface area contributed by atoms with Crippen molar-refractivity contribution < 1.29 is 4.74 Å². The van der Waals surface area contributed by atoms with Crippen LogP contribution in [0, 0.1) is 5.92 Å². The lowest BCUT2D eigenvalue weighted by Crippen LogP contribution is -2.19. The van der Waals surface area contributed by atoms with Gasteiger partial charge in [-0.25, -0.2) is 0 Å². The molecule has 1 nitrogen and oxygen atoms in total. The van der Waals surface area contributed by atoms with Crippen molar-refractivity contribution in [3.05, 3.63) is 29.8 Å². The Labute approximate surface area is 73.4 Å². The van der Waals surface area contributed by atoms with Gasteiger partial charge in [0.05, 0.1) is 6.61 Å². The Balaban J connectivity index is 2.23. The van der Waals surface area contributed by atoms with E-state index in [4.69, 9.17) is 4.74 Å². The predicted molar refractivity (Wildman–Crippen MR) is 49.4 cm³/mol. The van der Waals surface area contributed by atoms with Gasteiger partial charge in [-0.15, -0.1) is 0 Å². The zero-order chi connectivity index (χ0) is 8.39. The van der Waals surface area contributed by atoms with Crippen molar-refractivity contribution in [2.24, 2.45) is 5.92 Å². The van der Waals surface area contributed by atoms with Crippen LogP contribution < -0.4 is 4.74 Å². The molecule has 0 aliphatic carbocycles. The molecule has 0 aromatic heterocycles. The highest BCUT2D eigenvalue weighted by molar-refractivity contribution is 5.34. The molecule has 1 heteroatoms. The molecule has 0 radical (unpaired) electrons. The number of rotatable bonds is 1. The summed E-state index contributed by atoms with van der Waals surface area (Å²) in [4.78, 5) is 0. The van der Waals surface area contributed by atoms with Crippen molar-refractivity contribution in [2.75, 3.05) is 6.61 Å². The van der Waals surface area contributed by atoms with E-state index in [1.807, 2.05) is 6.07 Å². The minimum atomic E-state index is 0.722. The molecule has 1 heterocycles. The first-order valence-corrected chi connectivity index (χ1v) is 4.61. The van der Waals surface area contributed by atoms with Crippen LogP contribution in [0.4, 0.5) is 0 Å². The van der Waals surface area contributed by atoms with Crippen LogP contribution in [0.15, 0.2) is 24.3 Å². The molecule has 2 rings (SSSR count). The molecule has 0 saturated heterocycles. The maximum absolute atomic E-state index is 5.63. The average molecular weight is 162 g/mol. The van der Waals surface area contributed by atoms with E-state index in [0.29, 0.717) is 0 Å². The highest BCUT2D eigenvalue weighted by atomic mass is 16.5. The molecule has 1 aromatic rings. The lowest BCUT2D eigenvalue weighted by molar-refractivity contribution is 0.218. The first kappa shape index (κ1) is 7.66. The zero-order valence-electron chi connectivity index (χ0n) is 7.42. The van der Waals surface area contributed by atoms with Crippen LogP contribution in [0.25, 0.3) is 0 Å². The maximum atomic E-state index is 5.63. The van der Waals surface area contributed by atoms with Gasteiger partial charge in [0.2, 0.25) is 0 Å². The van der Waals surface area contributed by atoms with E-state index >= 15 is 0 Å². The van der Waals surface area contributed by atoms with Crippen molar-refractivity contribution in [3.63, 3.8) is 0 Å². The first-order valence-electron chi connectivity index (χ1n) is 4.61. The van der Waals surface area contributed by atoms with E-state index < -0.39 is 0 Å². The summed E-state index contributed by atoms with van der Waals surface area (Å²) in [5.41, 5.74) is 1.37. The van der Waals surface area contributed by atoms with E-state index in [1.54, 1.807) is 0 Å². The van der Waals surface area contributed by atoms with Crippen LogP contribution >= 0.6 is 0 Å². The molecule has 0 fully saturated rings. The molecule has 0 bridgehead atoms. The fraction of sp³-hybridized carbons (Fsp3) is 0.455. The fourth-order valence-electron chi connectivity index (χ4n) is 1.65. The van der Waals surface area contributed by atoms with E-state index in [2.05, 4.69) is 25.1 Å². The molecule has 0 N–H and O–H groups in total. The minimum Gasteiger partial charge on any atom is -0.493 e. The molecule has 1 aliphatic rings. The normalized spacial score (nSPS) is 21.2.